The molecule has 1 spiro atoms. The summed E-state index contributed by atoms with van der Waals surface area (Å²) >= 11 is 1.77. The van der Waals surface area contributed by atoms with Gasteiger partial charge in [-0.15, -0.1) is 11.3 Å². The summed E-state index contributed by atoms with van der Waals surface area (Å²) in [5.74, 6) is 0.592. The summed E-state index contributed by atoms with van der Waals surface area (Å²) in [6.45, 7) is 3.04. The molecule has 1 amide bonds. The van der Waals surface area contributed by atoms with Crippen molar-refractivity contribution in [3.63, 3.8) is 0 Å². The Hall–Kier alpha value is -2.00. The number of aliphatic hydroxyl groups excluding tert-OH is 1. The molecule has 0 atom stereocenters. The molecule has 2 aromatic heterocycles. The number of thiophene rings is 1. The van der Waals surface area contributed by atoms with Crippen LogP contribution in [0.2, 0.25) is 0 Å². The minimum Gasteiger partial charge on any atom is -0.395 e. The van der Waals surface area contributed by atoms with E-state index in [4.69, 9.17) is 10.5 Å². The van der Waals surface area contributed by atoms with Crippen LogP contribution < -0.4 is 11.1 Å². The van der Waals surface area contributed by atoms with Gasteiger partial charge in [-0.05, 0) is 36.6 Å². The van der Waals surface area contributed by atoms with Crippen molar-refractivity contribution in [1.82, 2.24) is 15.2 Å². The van der Waals surface area contributed by atoms with E-state index < -0.39 is 5.41 Å². The average molecular weight is 415 g/mol. The van der Waals surface area contributed by atoms with Crippen molar-refractivity contribution in [2.45, 2.75) is 24.9 Å². The molecule has 0 aliphatic carbocycles. The Bertz CT molecular complexity index is 926. The predicted octanol–water partition coefficient (Wildman–Crippen LogP) is 1.36. The van der Waals surface area contributed by atoms with Crippen LogP contribution in [0.15, 0.2) is 24.3 Å². The van der Waals surface area contributed by atoms with Crippen LogP contribution in [0.3, 0.4) is 0 Å². The second kappa shape index (κ2) is 7.05. The van der Waals surface area contributed by atoms with Crippen LogP contribution >= 0.6 is 11.3 Å². The number of nitrogens with two attached hydrogens (primary N) is 1. The SMILES string of the molecule is Nc1cccc(-c2cc3c(s2)CCOC32CCN(C(=O)C3(CO)CNC3)CC2)n1. The molecule has 2 saturated heterocycles. The molecule has 5 heterocycles. The Morgan fingerprint density at radius 2 is 2.14 bits per heavy atom. The maximum absolute atomic E-state index is 12.9. The summed E-state index contributed by atoms with van der Waals surface area (Å²) in [6.07, 6.45) is 2.47. The highest BCUT2D eigenvalue weighted by molar-refractivity contribution is 7.15. The number of hydrogen-bond acceptors (Lipinski definition) is 7. The first-order valence-corrected chi connectivity index (χ1v) is 11.0. The van der Waals surface area contributed by atoms with Crippen LogP contribution in [-0.4, -0.2) is 60.3 Å². The van der Waals surface area contributed by atoms with Crippen LogP contribution in [0, 0.1) is 5.41 Å². The second-order valence-corrected chi connectivity index (χ2v) is 9.46. The highest BCUT2D eigenvalue weighted by Crippen LogP contribution is 2.47. The van der Waals surface area contributed by atoms with Gasteiger partial charge in [0, 0.05) is 37.5 Å². The summed E-state index contributed by atoms with van der Waals surface area (Å²) in [7, 11) is 0. The van der Waals surface area contributed by atoms with Gasteiger partial charge in [0.1, 0.15) is 5.82 Å². The van der Waals surface area contributed by atoms with E-state index in [2.05, 4.69) is 16.4 Å². The number of aromatic nitrogens is 1. The van der Waals surface area contributed by atoms with Crippen LogP contribution in [0.4, 0.5) is 5.82 Å². The van der Waals surface area contributed by atoms with Crippen molar-refractivity contribution < 1.29 is 14.6 Å². The highest BCUT2D eigenvalue weighted by Gasteiger charge is 2.49. The number of nitrogen functional groups attached to an aromatic ring is 1. The van der Waals surface area contributed by atoms with E-state index in [1.54, 1.807) is 17.4 Å². The molecule has 2 fully saturated rings. The Kier molecular flexibility index (Phi) is 4.62. The zero-order chi connectivity index (χ0) is 20.1. The molecule has 4 N–H and O–H groups in total. The third-order valence-corrected chi connectivity index (χ3v) is 7.79. The van der Waals surface area contributed by atoms with Gasteiger partial charge in [0.2, 0.25) is 5.91 Å². The molecular weight excluding hydrogens is 388 g/mol. The zero-order valence-corrected chi connectivity index (χ0v) is 17.1. The van der Waals surface area contributed by atoms with Crippen molar-refractivity contribution in [1.29, 1.82) is 0 Å². The Labute approximate surface area is 173 Å². The first kappa shape index (κ1) is 19.0. The second-order valence-electron chi connectivity index (χ2n) is 8.32. The summed E-state index contributed by atoms with van der Waals surface area (Å²) in [4.78, 5) is 21.8. The lowest BCUT2D eigenvalue weighted by Crippen LogP contribution is -2.65. The number of nitrogens with zero attached hydrogens (tertiary/aromatic N) is 2. The largest absolute Gasteiger partial charge is 0.395 e. The van der Waals surface area contributed by atoms with Gasteiger partial charge >= 0.3 is 0 Å². The lowest BCUT2D eigenvalue weighted by atomic mass is 9.78. The number of ether oxygens (including phenoxy) is 1. The fraction of sp³-hybridized carbons (Fsp3) is 0.524. The Morgan fingerprint density at radius 1 is 1.34 bits per heavy atom. The number of aliphatic hydroxyl groups is 1. The number of likely N-dealkylation sites (tertiary alicyclic amines) is 1. The van der Waals surface area contributed by atoms with E-state index in [0.29, 0.717) is 38.6 Å². The normalized spacial score (nSPS) is 22.2. The summed E-state index contributed by atoms with van der Waals surface area (Å²) in [5.41, 5.74) is 7.06. The minimum absolute atomic E-state index is 0.0691. The molecule has 0 radical (unpaired) electrons. The number of fused-ring (bicyclic) bond motifs is 2. The quantitative estimate of drug-likeness (QED) is 0.701. The fourth-order valence-electron chi connectivity index (χ4n) is 4.71. The summed E-state index contributed by atoms with van der Waals surface area (Å²) < 4.78 is 6.35. The smallest absolute Gasteiger partial charge is 0.233 e. The number of nitrogens with one attached hydrogen (secondary N) is 1. The molecule has 7 nitrogen and oxygen atoms in total. The maximum atomic E-state index is 12.9. The average Bonchev–Trinajstić information content (AvgIpc) is 3.14. The molecule has 3 aliphatic heterocycles. The van der Waals surface area contributed by atoms with E-state index in [-0.39, 0.29) is 18.1 Å². The number of anilines is 1. The molecule has 0 aromatic carbocycles. The van der Waals surface area contributed by atoms with Gasteiger partial charge in [-0.1, -0.05) is 6.07 Å². The molecule has 29 heavy (non-hydrogen) atoms. The van der Waals surface area contributed by atoms with Crippen LogP contribution in [0.1, 0.15) is 23.3 Å². The number of carbonyl (C=O) groups excluding carboxylic acids is 1. The van der Waals surface area contributed by atoms with Crippen LogP contribution in [-0.2, 0) is 21.6 Å². The van der Waals surface area contributed by atoms with Crippen molar-refractivity contribution >= 4 is 23.1 Å². The fourth-order valence-corrected chi connectivity index (χ4v) is 5.91. The van der Waals surface area contributed by atoms with E-state index in [1.807, 2.05) is 17.0 Å². The number of rotatable bonds is 3. The van der Waals surface area contributed by atoms with Crippen LogP contribution in [0.25, 0.3) is 10.6 Å². The molecule has 0 bridgehead atoms. The van der Waals surface area contributed by atoms with Crippen molar-refractivity contribution in [3.8, 4) is 10.6 Å². The number of pyridine rings is 1. The summed E-state index contributed by atoms with van der Waals surface area (Å²) in [6, 6.07) is 7.93. The lowest BCUT2D eigenvalue weighted by molar-refractivity contribution is -0.156. The van der Waals surface area contributed by atoms with Gasteiger partial charge in [0.25, 0.3) is 0 Å². The standard InChI is InChI=1S/C21H26N4O3S/c22-18-3-1-2-15(24-18)17-10-14-16(29-17)4-9-28-21(14)5-7-25(8-6-21)19(27)20(13-26)11-23-12-20/h1-3,10,23,26H,4-9,11-13H2,(H2,22,24). The van der Waals surface area contributed by atoms with E-state index in [1.165, 1.54) is 10.4 Å². The van der Waals surface area contributed by atoms with Crippen LogP contribution in [0.5, 0.6) is 0 Å². The lowest BCUT2D eigenvalue weighted by Gasteiger charge is -2.48. The van der Waals surface area contributed by atoms with Crippen molar-refractivity contribution in [2.24, 2.45) is 5.41 Å². The van der Waals surface area contributed by atoms with Gasteiger partial charge in [0.05, 0.1) is 34.8 Å². The third-order valence-electron chi connectivity index (χ3n) is 6.57. The Balaban J connectivity index is 1.38. The van der Waals surface area contributed by atoms with Crippen molar-refractivity contribution in [3.05, 3.63) is 34.7 Å². The number of piperidine rings is 1. The van der Waals surface area contributed by atoms with Crippen molar-refractivity contribution in [2.75, 3.05) is 45.1 Å². The molecule has 154 valence electrons. The monoisotopic (exact) mass is 414 g/mol. The molecule has 0 unspecified atom stereocenters. The molecule has 2 aromatic rings. The van der Waals surface area contributed by atoms with E-state index >= 15 is 0 Å². The number of carbonyl (C=O) groups is 1. The number of amides is 1. The topological polar surface area (TPSA) is 101 Å². The first-order valence-electron chi connectivity index (χ1n) is 10.2. The third kappa shape index (κ3) is 3.06. The minimum atomic E-state index is -0.627. The van der Waals surface area contributed by atoms with Gasteiger partial charge in [0.15, 0.2) is 0 Å². The van der Waals surface area contributed by atoms with Gasteiger partial charge in [-0.2, -0.15) is 0 Å². The van der Waals surface area contributed by atoms with E-state index in [9.17, 15) is 9.90 Å². The van der Waals surface area contributed by atoms with Gasteiger partial charge in [-0.25, -0.2) is 4.98 Å². The molecule has 0 saturated carbocycles. The van der Waals surface area contributed by atoms with Gasteiger partial charge < -0.3 is 25.8 Å². The zero-order valence-electron chi connectivity index (χ0n) is 16.3. The molecular formula is C21H26N4O3S. The summed E-state index contributed by atoms with van der Waals surface area (Å²) in [5, 5.41) is 12.8. The molecule has 3 aliphatic rings. The molecule has 5 rings (SSSR count). The predicted molar refractivity (Wildman–Crippen MR) is 111 cm³/mol. The first-order chi connectivity index (χ1) is 14.1. The Morgan fingerprint density at radius 3 is 2.79 bits per heavy atom. The molecule has 8 heteroatoms. The van der Waals surface area contributed by atoms with E-state index in [0.717, 1.165) is 29.8 Å². The maximum Gasteiger partial charge on any atom is 0.233 e. The van der Waals surface area contributed by atoms with Gasteiger partial charge in [-0.3, -0.25) is 4.79 Å². The number of hydrogen-bond donors (Lipinski definition) is 3. The highest BCUT2D eigenvalue weighted by atomic mass is 32.1.